The maximum atomic E-state index is 12.4. The Morgan fingerprint density at radius 3 is 2.32 bits per heavy atom. The summed E-state index contributed by atoms with van der Waals surface area (Å²) in [5, 5.41) is 21.9. The minimum Gasteiger partial charge on any atom is -0.463 e. The van der Waals surface area contributed by atoms with Crippen molar-refractivity contribution in [3.63, 3.8) is 0 Å². The van der Waals surface area contributed by atoms with Crippen LogP contribution in [0.15, 0.2) is 0 Å². The summed E-state index contributed by atoms with van der Waals surface area (Å²) in [5.41, 5.74) is -1.91. The lowest BCUT2D eigenvalue weighted by molar-refractivity contribution is -0.183. The molecule has 4 aliphatic rings. The Bertz CT molecular complexity index is 676. The van der Waals surface area contributed by atoms with Crippen LogP contribution in [0.25, 0.3) is 0 Å². The second-order valence-electron chi connectivity index (χ2n) is 10.7. The van der Waals surface area contributed by atoms with Gasteiger partial charge in [-0.25, -0.2) is 0 Å². The van der Waals surface area contributed by atoms with Crippen molar-refractivity contribution >= 4 is 11.8 Å². The molecule has 5 heteroatoms. The molecule has 28 heavy (non-hydrogen) atoms. The SMILES string of the molecule is CC(=O)O[C@@H]1CC[C@@]2(C)[C@@H](CC[C@@H]3[C@@H]2CC[C@@]2(C)[C@H]3C[C@@H](O)[C@@]2(O)C(C)=O)C1. The number of aliphatic hydroxyl groups is 2. The molecule has 0 bridgehead atoms. The minimum atomic E-state index is -1.60. The van der Waals surface area contributed by atoms with Crippen molar-refractivity contribution in [3.8, 4) is 0 Å². The molecule has 2 N–H and O–H groups in total. The smallest absolute Gasteiger partial charge is 0.302 e. The van der Waals surface area contributed by atoms with E-state index in [2.05, 4.69) is 6.92 Å². The first-order chi connectivity index (χ1) is 13.0. The van der Waals surface area contributed by atoms with Crippen molar-refractivity contribution in [2.75, 3.05) is 0 Å². The molecule has 158 valence electrons. The number of ketones is 1. The van der Waals surface area contributed by atoms with E-state index in [1.165, 1.54) is 13.8 Å². The van der Waals surface area contributed by atoms with Crippen molar-refractivity contribution in [2.24, 2.45) is 34.5 Å². The van der Waals surface area contributed by atoms with E-state index < -0.39 is 17.1 Å². The first-order valence-electron chi connectivity index (χ1n) is 11.1. The molecule has 0 aliphatic heterocycles. The van der Waals surface area contributed by atoms with Crippen molar-refractivity contribution in [1.82, 2.24) is 0 Å². The van der Waals surface area contributed by atoms with E-state index in [0.29, 0.717) is 24.2 Å². The molecule has 0 radical (unpaired) electrons. The minimum absolute atomic E-state index is 0.0529. The van der Waals surface area contributed by atoms with Gasteiger partial charge in [0.05, 0.1) is 6.10 Å². The molecule has 4 aliphatic carbocycles. The number of ether oxygens (including phenoxy) is 1. The standard InChI is InChI=1S/C23H36O5/c1-13(24)23(27)20(26)12-19-17-6-5-15-11-16(28-14(2)25)7-9-21(15,3)18(17)8-10-22(19,23)4/h15-20,26-27H,5-12H2,1-4H3/t15-,16+,17+,18-,19-,20+,21-,22-,23-/m0/s1. The van der Waals surface area contributed by atoms with Crippen LogP contribution in [-0.2, 0) is 14.3 Å². The van der Waals surface area contributed by atoms with E-state index >= 15 is 0 Å². The first kappa shape index (κ1) is 20.3. The Morgan fingerprint density at radius 2 is 1.68 bits per heavy atom. The zero-order chi connectivity index (χ0) is 20.5. The summed E-state index contributed by atoms with van der Waals surface area (Å²) >= 11 is 0. The molecule has 4 fully saturated rings. The monoisotopic (exact) mass is 392 g/mol. The van der Waals surface area contributed by atoms with Gasteiger partial charge >= 0.3 is 5.97 Å². The number of fused-ring (bicyclic) bond motifs is 5. The second kappa shape index (κ2) is 6.53. The number of carbonyl (C=O) groups excluding carboxylic acids is 2. The number of esters is 1. The molecule has 0 saturated heterocycles. The summed E-state index contributed by atoms with van der Waals surface area (Å²) in [5.74, 6) is 1.30. The molecule has 0 heterocycles. The molecule has 9 atom stereocenters. The lowest BCUT2D eigenvalue weighted by Crippen LogP contribution is -2.60. The van der Waals surface area contributed by atoms with Gasteiger partial charge in [0.15, 0.2) is 11.4 Å². The van der Waals surface area contributed by atoms with Gasteiger partial charge in [-0.05, 0) is 87.4 Å². The topological polar surface area (TPSA) is 83.8 Å². The summed E-state index contributed by atoms with van der Waals surface area (Å²) in [6, 6.07) is 0. The molecule has 0 aromatic heterocycles. The fourth-order valence-corrected chi connectivity index (χ4v) is 8.22. The molecule has 5 nitrogen and oxygen atoms in total. The molecule has 4 saturated carbocycles. The Hall–Kier alpha value is -0.940. The maximum absolute atomic E-state index is 12.4. The molecular weight excluding hydrogens is 356 g/mol. The van der Waals surface area contributed by atoms with E-state index in [1.807, 2.05) is 6.92 Å². The maximum Gasteiger partial charge on any atom is 0.302 e. The van der Waals surface area contributed by atoms with E-state index in [0.717, 1.165) is 44.9 Å². The molecule has 0 aromatic carbocycles. The number of carbonyl (C=O) groups is 2. The Kier molecular flexibility index (Phi) is 4.74. The lowest BCUT2D eigenvalue weighted by atomic mass is 9.44. The van der Waals surface area contributed by atoms with E-state index in [1.54, 1.807) is 0 Å². The van der Waals surface area contributed by atoms with Crippen LogP contribution < -0.4 is 0 Å². The highest BCUT2D eigenvalue weighted by Gasteiger charge is 2.69. The predicted octanol–water partition coefficient (Wildman–Crippen LogP) is 3.25. The van der Waals surface area contributed by atoms with Crippen LogP contribution in [0.2, 0.25) is 0 Å². The van der Waals surface area contributed by atoms with Crippen LogP contribution >= 0.6 is 0 Å². The third-order valence-corrected chi connectivity index (χ3v) is 9.71. The highest BCUT2D eigenvalue weighted by Crippen LogP contribution is 2.68. The number of hydrogen-bond donors (Lipinski definition) is 2. The number of rotatable bonds is 2. The van der Waals surface area contributed by atoms with Gasteiger partial charge in [0.25, 0.3) is 0 Å². The van der Waals surface area contributed by atoms with Crippen LogP contribution in [0.3, 0.4) is 0 Å². The Morgan fingerprint density at radius 1 is 0.964 bits per heavy atom. The summed E-state index contributed by atoms with van der Waals surface area (Å²) < 4.78 is 5.53. The second-order valence-corrected chi connectivity index (χ2v) is 10.7. The molecule has 4 rings (SSSR count). The van der Waals surface area contributed by atoms with Gasteiger partial charge in [-0.15, -0.1) is 0 Å². The average Bonchev–Trinajstić information content (AvgIpc) is 2.83. The Balaban J connectivity index is 1.59. The van der Waals surface area contributed by atoms with Crippen LogP contribution in [0.4, 0.5) is 0 Å². The van der Waals surface area contributed by atoms with Gasteiger partial charge in [0.1, 0.15) is 6.10 Å². The van der Waals surface area contributed by atoms with E-state index in [9.17, 15) is 19.8 Å². The van der Waals surface area contributed by atoms with Gasteiger partial charge in [0.2, 0.25) is 0 Å². The molecular formula is C23H36O5. The highest BCUT2D eigenvalue weighted by atomic mass is 16.5. The quantitative estimate of drug-likeness (QED) is 0.705. The third kappa shape index (κ3) is 2.57. The van der Waals surface area contributed by atoms with Gasteiger partial charge in [0, 0.05) is 12.3 Å². The third-order valence-electron chi connectivity index (χ3n) is 9.71. The predicted molar refractivity (Wildman–Crippen MR) is 104 cm³/mol. The summed E-state index contributed by atoms with van der Waals surface area (Å²) in [6.45, 7) is 7.38. The largest absolute Gasteiger partial charge is 0.463 e. The molecule has 0 amide bonds. The summed E-state index contributed by atoms with van der Waals surface area (Å²) in [7, 11) is 0. The summed E-state index contributed by atoms with van der Waals surface area (Å²) in [4.78, 5) is 23.8. The van der Waals surface area contributed by atoms with Crippen LogP contribution in [0.5, 0.6) is 0 Å². The average molecular weight is 393 g/mol. The van der Waals surface area contributed by atoms with Crippen LogP contribution in [0, 0.1) is 34.5 Å². The number of Topliss-reactive ketones (excluding diaryl/α,β-unsaturated/α-hetero) is 1. The van der Waals surface area contributed by atoms with Crippen molar-refractivity contribution in [2.45, 2.75) is 96.9 Å². The van der Waals surface area contributed by atoms with Gasteiger partial charge in [-0.2, -0.15) is 0 Å². The van der Waals surface area contributed by atoms with Crippen molar-refractivity contribution in [1.29, 1.82) is 0 Å². The van der Waals surface area contributed by atoms with Crippen molar-refractivity contribution < 1.29 is 24.5 Å². The van der Waals surface area contributed by atoms with E-state index in [-0.39, 0.29) is 29.2 Å². The zero-order valence-corrected chi connectivity index (χ0v) is 17.7. The van der Waals surface area contributed by atoms with Gasteiger partial charge in [-0.3, -0.25) is 9.59 Å². The number of aliphatic hydroxyl groups excluding tert-OH is 1. The van der Waals surface area contributed by atoms with Gasteiger partial charge in [-0.1, -0.05) is 13.8 Å². The van der Waals surface area contributed by atoms with Crippen molar-refractivity contribution in [3.05, 3.63) is 0 Å². The Labute approximate surface area is 168 Å². The fourth-order valence-electron chi connectivity index (χ4n) is 8.22. The summed E-state index contributed by atoms with van der Waals surface area (Å²) in [6.07, 6.45) is 6.58. The molecule has 0 aromatic rings. The molecule has 0 unspecified atom stereocenters. The van der Waals surface area contributed by atoms with Crippen LogP contribution in [0.1, 0.15) is 79.1 Å². The first-order valence-corrected chi connectivity index (χ1v) is 11.1. The molecule has 0 spiro atoms. The van der Waals surface area contributed by atoms with Crippen LogP contribution in [-0.4, -0.2) is 39.8 Å². The fraction of sp³-hybridized carbons (Fsp3) is 0.913. The highest BCUT2D eigenvalue weighted by molar-refractivity contribution is 5.87. The lowest BCUT2D eigenvalue weighted by Gasteiger charge is -2.61. The number of hydrogen-bond acceptors (Lipinski definition) is 5. The normalized spacial score (nSPS) is 52.9. The van der Waals surface area contributed by atoms with Gasteiger partial charge < -0.3 is 14.9 Å². The van der Waals surface area contributed by atoms with E-state index in [4.69, 9.17) is 4.74 Å². The zero-order valence-electron chi connectivity index (χ0n) is 17.7.